The van der Waals surface area contributed by atoms with Crippen LogP contribution < -0.4 is 10.1 Å². The molecule has 2 heterocycles. The van der Waals surface area contributed by atoms with Crippen molar-refractivity contribution in [3.63, 3.8) is 0 Å². The van der Waals surface area contributed by atoms with Gasteiger partial charge in [-0.3, -0.25) is 4.68 Å². The molecule has 1 N–H and O–H groups in total. The van der Waals surface area contributed by atoms with E-state index in [0.717, 1.165) is 0 Å². The number of nitrogens with one attached hydrogen (secondary N) is 1. The average molecular weight is 370 g/mol. The first kappa shape index (κ1) is 18.4. The van der Waals surface area contributed by atoms with E-state index in [2.05, 4.69) is 20.6 Å². The monoisotopic (exact) mass is 370 g/mol. The number of likely N-dealkylation sites (N-methyl/N-ethyl adjacent to an activating group) is 1. The second-order valence-corrected chi connectivity index (χ2v) is 5.82. The van der Waals surface area contributed by atoms with Crippen LogP contribution >= 0.6 is 0 Å². The van der Waals surface area contributed by atoms with Gasteiger partial charge in [-0.1, -0.05) is 0 Å². The summed E-state index contributed by atoms with van der Waals surface area (Å²) >= 11 is 0. The largest absolute Gasteiger partial charge is 0.495 e. The maximum atomic E-state index is 12.7. The maximum Gasteiger partial charge on any atom is 0.322 e. The fourth-order valence-corrected chi connectivity index (χ4v) is 2.61. The smallest absolute Gasteiger partial charge is 0.322 e. The second kappa shape index (κ2) is 8.35. The number of anilines is 1. The highest BCUT2D eigenvalue weighted by Crippen LogP contribution is 2.30. The number of hydrogen-bond acceptors (Lipinski definition) is 6. The molecule has 2 aromatic heterocycles. The molecule has 27 heavy (non-hydrogen) atoms. The Hall–Kier alpha value is -3.36. The fraction of sp³-hybridized carbons (Fsp3) is 0.333. The summed E-state index contributed by atoms with van der Waals surface area (Å²) in [5, 5.41) is 14.9. The zero-order chi connectivity index (χ0) is 19.2. The molecule has 0 aliphatic heterocycles. The van der Waals surface area contributed by atoms with Crippen LogP contribution in [0.2, 0.25) is 0 Å². The number of amides is 2. The topological polar surface area (TPSA) is 98.3 Å². The number of hydrogen-bond donors (Lipinski definition) is 1. The molecule has 142 valence electrons. The lowest BCUT2D eigenvalue weighted by Gasteiger charge is -2.22. The van der Waals surface area contributed by atoms with E-state index in [1.54, 1.807) is 48.0 Å². The molecular weight excluding hydrogens is 348 g/mol. The molecule has 0 unspecified atom stereocenters. The lowest BCUT2D eigenvalue weighted by Crippen LogP contribution is -2.37. The summed E-state index contributed by atoms with van der Waals surface area (Å²) in [6, 6.07) is 6.94. The van der Waals surface area contributed by atoms with Crippen molar-refractivity contribution >= 4 is 11.7 Å². The number of carbonyl (C=O) groups is 1. The van der Waals surface area contributed by atoms with Gasteiger partial charge < -0.3 is 19.4 Å². The summed E-state index contributed by atoms with van der Waals surface area (Å²) in [5.74, 6) is 1.41. The van der Waals surface area contributed by atoms with Crippen molar-refractivity contribution in [3.05, 3.63) is 42.5 Å². The van der Waals surface area contributed by atoms with Crippen LogP contribution in [0.3, 0.4) is 0 Å². The maximum absolute atomic E-state index is 12.7. The standard InChI is InChI=1S/C18H22N6O3/c1-4-23(10-11-24-9-5-8-19-24)18(25)20-15-12-14(6-7-16(15)26-3)17-22-21-13(2)27-17/h5-9,12H,4,10-11H2,1-3H3,(H,20,25). The third kappa shape index (κ3) is 4.43. The van der Waals surface area contributed by atoms with Crippen molar-refractivity contribution in [2.45, 2.75) is 20.4 Å². The first-order valence-corrected chi connectivity index (χ1v) is 8.62. The van der Waals surface area contributed by atoms with Crippen molar-refractivity contribution in [1.29, 1.82) is 0 Å². The average Bonchev–Trinajstić information content (AvgIpc) is 3.34. The lowest BCUT2D eigenvalue weighted by molar-refractivity contribution is 0.211. The Morgan fingerprint density at radius 2 is 2.22 bits per heavy atom. The van der Waals surface area contributed by atoms with Crippen LogP contribution in [-0.2, 0) is 6.54 Å². The van der Waals surface area contributed by atoms with E-state index in [1.165, 1.54) is 0 Å². The van der Waals surface area contributed by atoms with Gasteiger partial charge >= 0.3 is 6.03 Å². The Balaban J connectivity index is 1.74. The number of methoxy groups -OCH3 is 1. The van der Waals surface area contributed by atoms with Gasteiger partial charge in [0.1, 0.15) is 5.75 Å². The second-order valence-electron chi connectivity index (χ2n) is 5.82. The van der Waals surface area contributed by atoms with Crippen molar-refractivity contribution in [2.24, 2.45) is 0 Å². The molecule has 0 bridgehead atoms. The van der Waals surface area contributed by atoms with Crippen LogP contribution in [0.25, 0.3) is 11.5 Å². The van der Waals surface area contributed by atoms with Crippen LogP contribution in [0.4, 0.5) is 10.5 Å². The number of carbonyl (C=O) groups excluding carboxylic acids is 1. The highest BCUT2D eigenvalue weighted by molar-refractivity contribution is 5.91. The van der Waals surface area contributed by atoms with Crippen molar-refractivity contribution < 1.29 is 13.9 Å². The predicted octanol–water partition coefficient (Wildman–Crippen LogP) is 2.80. The molecule has 3 rings (SSSR count). The van der Waals surface area contributed by atoms with E-state index in [1.807, 2.05) is 19.2 Å². The Morgan fingerprint density at radius 3 is 2.85 bits per heavy atom. The van der Waals surface area contributed by atoms with E-state index < -0.39 is 0 Å². The van der Waals surface area contributed by atoms with Gasteiger partial charge in [0.2, 0.25) is 11.8 Å². The number of benzene rings is 1. The van der Waals surface area contributed by atoms with Crippen molar-refractivity contribution in [3.8, 4) is 17.2 Å². The molecule has 0 spiro atoms. The Morgan fingerprint density at radius 1 is 1.37 bits per heavy atom. The molecule has 3 aromatic rings. The van der Waals surface area contributed by atoms with Gasteiger partial charge in [0.15, 0.2) is 0 Å². The van der Waals surface area contributed by atoms with Gasteiger partial charge in [-0.2, -0.15) is 5.10 Å². The predicted molar refractivity (Wildman–Crippen MR) is 99.5 cm³/mol. The Bertz CT molecular complexity index is 890. The summed E-state index contributed by atoms with van der Waals surface area (Å²) in [4.78, 5) is 14.4. The molecule has 9 heteroatoms. The first-order chi connectivity index (χ1) is 13.1. The van der Waals surface area contributed by atoms with Crippen molar-refractivity contribution in [1.82, 2.24) is 24.9 Å². The van der Waals surface area contributed by atoms with Gasteiger partial charge in [0.25, 0.3) is 0 Å². The molecular formula is C18H22N6O3. The molecule has 0 atom stereocenters. The molecule has 0 fully saturated rings. The summed E-state index contributed by atoms with van der Waals surface area (Å²) in [6.45, 7) is 5.37. The van der Waals surface area contributed by atoms with Crippen LogP contribution in [0.15, 0.2) is 41.1 Å². The van der Waals surface area contributed by atoms with E-state index in [-0.39, 0.29) is 6.03 Å². The third-order valence-electron chi connectivity index (χ3n) is 4.04. The van der Waals surface area contributed by atoms with E-state index in [0.29, 0.717) is 48.4 Å². The van der Waals surface area contributed by atoms with Crippen LogP contribution in [0, 0.1) is 6.92 Å². The SMILES string of the molecule is CCN(CCn1cccn1)C(=O)Nc1cc(-c2nnc(C)o2)ccc1OC. The first-order valence-electron chi connectivity index (χ1n) is 8.62. The summed E-state index contributed by atoms with van der Waals surface area (Å²) < 4.78 is 12.6. The van der Waals surface area contributed by atoms with E-state index in [9.17, 15) is 4.79 Å². The van der Waals surface area contributed by atoms with Crippen LogP contribution in [0.5, 0.6) is 5.75 Å². The number of urea groups is 1. The number of aromatic nitrogens is 4. The molecule has 0 aliphatic carbocycles. The summed E-state index contributed by atoms with van der Waals surface area (Å²) in [7, 11) is 1.55. The minimum atomic E-state index is -0.221. The Kier molecular flexibility index (Phi) is 5.70. The molecule has 0 aliphatic rings. The number of aryl methyl sites for hydroxylation is 1. The zero-order valence-electron chi connectivity index (χ0n) is 15.5. The molecule has 0 radical (unpaired) electrons. The summed E-state index contributed by atoms with van der Waals surface area (Å²) in [5.41, 5.74) is 1.24. The normalized spacial score (nSPS) is 10.6. The highest BCUT2D eigenvalue weighted by atomic mass is 16.5. The van der Waals surface area contributed by atoms with Crippen LogP contribution in [0.1, 0.15) is 12.8 Å². The minimum Gasteiger partial charge on any atom is -0.495 e. The van der Waals surface area contributed by atoms with Gasteiger partial charge in [-0.15, -0.1) is 10.2 Å². The minimum absolute atomic E-state index is 0.221. The molecule has 1 aromatic carbocycles. The molecule has 0 saturated carbocycles. The third-order valence-corrected chi connectivity index (χ3v) is 4.04. The van der Waals surface area contributed by atoms with E-state index >= 15 is 0 Å². The van der Waals surface area contributed by atoms with Gasteiger partial charge in [0.05, 0.1) is 19.3 Å². The molecule has 0 saturated heterocycles. The van der Waals surface area contributed by atoms with Gasteiger partial charge in [-0.05, 0) is 31.2 Å². The summed E-state index contributed by atoms with van der Waals surface area (Å²) in [6.07, 6.45) is 3.58. The van der Waals surface area contributed by atoms with Gasteiger partial charge in [0, 0.05) is 38.0 Å². The molecule has 2 amide bonds. The quantitative estimate of drug-likeness (QED) is 0.687. The number of rotatable bonds is 7. The fourth-order valence-electron chi connectivity index (χ4n) is 2.61. The lowest BCUT2D eigenvalue weighted by atomic mass is 10.2. The van der Waals surface area contributed by atoms with Crippen LogP contribution in [-0.4, -0.2) is 51.1 Å². The Labute approximate surface area is 156 Å². The van der Waals surface area contributed by atoms with Crippen molar-refractivity contribution in [2.75, 3.05) is 25.5 Å². The van der Waals surface area contributed by atoms with E-state index in [4.69, 9.17) is 9.15 Å². The number of nitrogens with zero attached hydrogens (tertiary/aromatic N) is 5. The zero-order valence-corrected chi connectivity index (χ0v) is 15.5. The highest BCUT2D eigenvalue weighted by Gasteiger charge is 2.16. The molecule has 9 nitrogen and oxygen atoms in total. The number of ether oxygens (including phenoxy) is 1. The van der Waals surface area contributed by atoms with Gasteiger partial charge in [-0.25, -0.2) is 4.79 Å².